The maximum atomic E-state index is 6.00. The van der Waals surface area contributed by atoms with Gasteiger partial charge in [0.05, 0.1) is 5.69 Å². The van der Waals surface area contributed by atoms with Crippen molar-refractivity contribution in [3.8, 4) is 0 Å². The van der Waals surface area contributed by atoms with E-state index in [1.54, 1.807) is 0 Å². The topological polar surface area (TPSA) is 63.8 Å². The number of nitrogens with one attached hydrogen (secondary N) is 1. The highest BCUT2D eigenvalue weighted by Crippen LogP contribution is 2.18. The Morgan fingerprint density at radius 2 is 2.00 bits per heavy atom. The third-order valence-corrected chi connectivity index (χ3v) is 3.22. The summed E-state index contributed by atoms with van der Waals surface area (Å²) >= 11 is 0. The Balaban J connectivity index is 1.91. The average Bonchev–Trinajstić information content (AvgIpc) is 2.40. The van der Waals surface area contributed by atoms with Crippen molar-refractivity contribution in [2.45, 2.75) is 19.4 Å². The van der Waals surface area contributed by atoms with E-state index in [-0.39, 0.29) is 0 Å². The third kappa shape index (κ3) is 2.19. The van der Waals surface area contributed by atoms with Gasteiger partial charge in [-0.15, -0.1) is 0 Å². The van der Waals surface area contributed by atoms with Gasteiger partial charge in [-0.25, -0.2) is 9.97 Å². The van der Waals surface area contributed by atoms with Gasteiger partial charge in [0, 0.05) is 31.5 Å². The zero-order chi connectivity index (χ0) is 12.4. The summed E-state index contributed by atoms with van der Waals surface area (Å²) < 4.78 is 0. The third-order valence-electron chi connectivity index (χ3n) is 3.22. The van der Waals surface area contributed by atoms with E-state index in [9.17, 15) is 0 Å². The second-order valence-corrected chi connectivity index (χ2v) is 4.54. The van der Waals surface area contributed by atoms with E-state index in [0.717, 1.165) is 43.0 Å². The van der Waals surface area contributed by atoms with Crippen LogP contribution in [0.1, 0.15) is 22.6 Å². The molecular weight excluding hydrogens is 224 g/mol. The van der Waals surface area contributed by atoms with Gasteiger partial charge < -0.3 is 11.1 Å². The molecule has 0 saturated carbocycles. The van der Waals surface area contributed by atoms with Crippen molar-refractivity contribution in [2.75, 3.05) is 12.3 Å². The number of nitrogens with zero attached hydrogens (tertiary/aromatic N) is 2. The van der Waals surface area contributed by atoms with Crippen molar-refractivity contribution in [3.63, 3.8) is 0 Å². The van der Waals surface area contributed by atoms with Gasteiger partial charge in [-0.3, -0.25) is 0 Å². The Hall–Kier alpha value is -1.94. The van der Waals surface area contributed by atoms with Gasteiger partial charge in [-0.2, -0.15) is 0 Å². The summed E-state index contributed by atoms with van der Waals surface area (Å²) in [4.78, 5) is 9.05. The van der Waals surface area contributed by atoms with Gasteiger partial charge in [-0.1, -0.05) is 30.3 Å². The molecule has 92 valence electrons. The van der Waals surface area contributed by atoms with Crippen LogP contribution in [0.5, 0.6) is 0 Å². The Labute approximate surface area is 106 Å². The molecular formula is C14H16N4. The lowest BCUT2D eigenvalue weighted by molar-refractivity contribution is 0.624. The molecule has 1 aliphatic rings. The summed E-state index contributed by atoms with van der Waals surface area (Å²) in [7, 11) is 0. The van der Waals surface area contributed by atoms with Gasteiger partial charge in [-0.05, 0) is 5.56 Å². The Kier molecular flexibility index (Phi) is 2.94. The minimum absolute atomic E-state index is 0.623. The van der Waals surface area contributed by atoms with Gasteiger partial charge in [0.2, 0.25) is 0 Å². The molecule has 18 heavy (non-hydrogen) atoms. The zero-order valence-electron chi connectivity index (χ0n) is 10.2. The fourth-order valence-corrected chi connectivity index (χ4v) is 2.28. The molecule has 2 heterocycles. The first-order chi connectivity index (χ1) is 8.83. The van der Waals surface area contributed by atoms with E-state index in [0.29, 0.717) is 5.82 Å². The van der Waals surface area contributed by atoms with Crippen molar-refractivity contribution in [3.05, 3.63) is 53.0 Å². The Bertz CT molecular complexity index is 551. The molecule has 0 aliphatic carbocycles. The molecule has 1 aromatic heterocycles. The molecule has 4 heteroatoms. The number of anilines is 1. The lowest BCUT2D eigenvalue weighted by Gasteiger charge is -2.18. The minimum Gasteiger partial charge on any atom is -0.383 e. The molecule has 0 spiro atoms. The van der Waals surface area contributed by atoms with Crippen LogP contribution in [-0.4, -0.2) is 16.5 Å². The SMILES string of the molecule is Nc1nc(Cc2ccccc2)nc2c1CNCC2. The van der Waals surface area contributed by atoms with Gasteiger partial charge >= 0.3 is 0 Å². The summed E-state index contributed by atoms with van der Waals surface area (Å²) in [6.45, 7) is 1.75. The van der Waals surface area contributed by atoms with Crippen LogP contribution in [0.2, 0.25) is 0 Å². The molecule has 4 nitrogen and oxygen atoms in total. The highest BCUT2D eigenvalue weighted by Gasteiger charge is 2.15. The highest BCUT2D eigenvalue weighted by molar-refractivity contribution is 5.43. The zero-order valence-corrected chi connectivity index (χ0v) is 10.2. The molecule has 0 radical (unpaired) electrons. The number of nitrogens with two attached hydrogens (primary N) is 1. The second-order valence-electron chi connectivity index (χ2n) is 4.54. The predicted molar refractivity (Wildman–Crippen MR) is 71.1 cm³/mol. The van der Waals surface area contributed by atoms with Crippen molar-refractivity contribution in [1.29, 1.82) is 0 Å². The number of rotatable bonds is 2. The number of benzene rings is 1. The monoisotopic (exact) mass is 240 g/mol. The molecule has 1 aliphatic heterocycles. The normalized spacial score (nSPS) is 14.2. The first-order valence-electron chi connectivity index (χ1n) is 6.22. The van der Waals surface area contributed by atoms with E-state index in [1.807, 2.05) is 18.2 Å². The summed E-state index contributed by atoms with van der Waals surface area (Å²) in [6, 6.07) is 10.2. The summed E-state index contributed by atoms with van der Waals surface area (Å²) in [5.41, 5.74) is 9.39. The van der Waals surface area contributed by atoms with Crippen LogP contribution in [-0.2, 0) is 19.4 Å². The maximum absolute atomic E-state index is 6.00. The molecule has 1 aromatic carbocycles. The summed E-state index contributed by atoms with van der Waals surface area (Å²) in [5, 5.41) is 3.29. The van der Waals surface area contributed by atoms with Crippen LogP contribution in [0, 0.1) is 0 Å². The fraction of sp³-hybridized carbons (Fsp3) is 0.286. The molecule has 3 N–H and O–H groups in total. The quantitative estimate of drug-likeness (QED) is 0.830. The predicted octanol–water partition coefficient (Wildman–Crippen LogP) is 1.30. The molecule has 3 rings (SSSR count). The van der Waals surface area contributed by atoms with E-state index in [1.165, 1.54) is 5.56 Å². The second kappa shape index (κ2) is 4.74. The van der Waals surface area contributed by atoms with E-state index < -0.39 is 0 Å². The van der Waals surface area contributed by atoms with Crippen molar-refractivity contribution in [1.82, 2.24) is 15.3 Å². The van der Waals surface area contributed by atoms with Crippen molar-refractivity contribution < 1.29 is 0 Å². The van der Waals surface area contributed by atoms with Crippen LogP contribution in [0.15, 0.2) is 30.3 Å². The standard InChI is InChI=1S/C14H16N4/c15-14-11-9-16-7-6-12(11)17-13(18-14)8-10-4-2-1-3-5-10/h1-5,16H,6-9H2,(H2,15,17,18). The van der Waals surface area contributed by atoms with E-state index in [2.05, 4.69) is 27.4 Å². The average molecular weight is 240 g/mol. The van der Waals surface area contributed by atoms with Crippen molar-refractivity contribution >= 4 is 5.82 Å². The van der Waals surface area contributed by atoms with Crippen LogP contribution in [0.25, 0.3) is 0 Å². The molecule has 0 saturated heterocycles. The largest absolute Gasteiger partial charge is 0.383 e. The molecule has 0 fully saturated rings. The molecule has 0 unspecified atom stereocenters. The first kappa shape index (κ1) is 11.2. The Morgan fingerprint density at radius 1 is 1.17 bits per heavy atom. The van der Waals surface area contributed by atoms with Crippen LogP contribution in [0.4, 0.5) is 5.82 Å². The van der Waals surface area contributed by atoms with Gasteiger partial charge in [0.25, 0.3) is 0 Å². The minimum atomic E-state index is 0.623. The molecule has 0 amide bonds. The Morgan fingerprint density at radius 3 is 2.83 bits per heavy atom. The van der Waals surface area contributed by atoms with Crippen LogP contribution in [0.3, 0.4) is 0 Å². The fourth-order valence-electron chi connectivity index (χ4n) is 2.28. The lowest BCUT2D eigenvalue weighted by Crippen LogP contribution is -2.26. The first-order valence-corrected chi connectivity index (χ1v) is 6.22. The van der Waals surface area contributed by atoms with Gasteiger partial charge in [0.1, 0.15) is 11.6 Å². The number of hydrogen-bond acceptors (Lipinski definition) is 4. The van der Waals surface area contributed by atoms with E-state index >= 15 is 0 Å². The van der Waals surface area contributed by atoms with Gasteiger partial charge in [0.15, 0.2) is 0 Å². The molecule has 0 atom stereocenters. The summed E-state index contributed by atoms with van der Waals surface area (Å²) in [6.07, 6.45) is 1.68. The van der Waals surface area contributed by atoms with E-state index in [4.69, 9.17) is 5.73 Å². The highest BCUT2D eigenvalue weighted by atomic mass is 15.0. The molecule has 0 bridgehead atoms. The number of nitrogen functional groups attached to an aromatic ring is 1. The van der Waals surface area contributed by atoms with Crippen LogP contribution < -0.4 is 11.1 Å². The maximum Gasteiger partial charge on any atom is 0.135 e. The smallest absolute Gasteiger partial charge is 0.135 e. The lowest BCUT2D eigenvalue weighted by atomic mass is 10.1. The number of aromatic nitrogens is 2. The van der Waals surface area contributed by atoms with Crippen LogP contribution >= 0.6 is 0 Å². The number of hydrogen-bond donors (Lipinski definition) is 2. The summed E-state index contributed by atoms with van der Waals surface area (Å²) in [5.74, 6) is 1.44. The molecule has 2 aromatic rings. The number of fused-ring (bicyclic) bond motifs is 1. The van der Waals surface area contributed by atoms with Crippen molar-refractivity contribution in [2.24, 2.45) is 0 Å².